The van der Waals surface area contributed by atoms with Crippen molar-refractivity contribution in [2.45, 2.75) is 25.3 Å². The van der Waals surface area contributed by atoms with Gasteiger partial charge in [-0.15, -0.1) is 0 Å². The van der Waals surface area contributed by atoms with E-state index in [4.69, 9.17) is 0 Å². The molecule has 0 radical (unpaired) electrons. The largest absolute Gasteiger partial charge is 0.331 e. The topological polar surface area (TPSA) is 27.6 Å². The van der Waals surface area contributed by atoms with Gasteiger partial charge in [0, 0.05) is 18.3 Å². The second-order valence-electron chi connectivity index (χ2n) is 4.88. The molecule has 3 rings (SSSR count). The Morgan fingerprint density at radius 3 is 3.18 bits per heavy atom. The van der Waals surface area contributed by atoms with Crippen molar-refractivity contribution in [2.75, 3.05) is 24.5 Å². The molecule has 0 aliphatic carbocycles. The van der Waals surface area contributed by atoms with Crippen LogP contribution in [0.25, 0.3) is 0 Å². The molecule has 0 aromatic heterocycles. The fourth-order valence-corrected chi connectivity index (χ4v) is 2.65. The van der Waals surface area contributed by atoms with E-state index in [1.807, 2.05) is 6.34 Å². The highest BCUT2D eigenvalue weighted by Gasteiger charge is 2.15. The highest BCUT2D eigenvalue weighted by molar-refractivity contribution is 5.81. The van der Waals surface area contributed by atoms with Crippen LogP contribution in [0.2, 0.25) is 0 Å². The summed E-state index contributed by atoms with van der Waals surface area (Å²) in [6.07, 6.45) is 5.74. The normalized spacial score (nSPS) is 23.5. The molecule has 3 nitrogen and oxygen atoms in total. The van der Waals surface area contributed by atoms with E-state index >= 15 is 0 Å². The monoisotopic (exact) mass is 229 g/mol. The molecule has 1 aromatic carbocycles. The highest BCUT2D eigenvalue weighted by Crippen LogP contribution is 2.19. The van der Waals surface area contributed by atoms with Gasteiger partial charge in [-0.25, -0.2) is 0 Å². The van der Waals surface area contributed by atoms with Gasteiger partial charge in [0.05, 0.1) is 12.9 Å². The molecule has 1 unspecified atom stereocenters. The number of benzene rings is 1. The van der Waals surface area contributed by atoms with Crippen LogP contribution in [0.3, 0.4) is 0 Å². The second-order valence-corrected chi connectivity index (χ2v) is 4.88. The number of aliphatic imine (C=N–C) groups is 1. The summed E-state index contributed by atoms with van der Waals surface area (Å²) in [6.45, 7) is 3.13. The van der Waals surface area contributed by atoms with E-state index in [-0.39, 0.29) is 0 Å². The Kier molecular flexibility index (Phi) is 3.10. The SMILES string of the molecule is C1=NCCN1c1cccc(CC2CCCN2)c1. The maximum atomic E-state index is 4.26. The number of rotatable bonds is 3. The van der Waals surface area contributed by atoms with Gasteiger partial charge in [-0.05, 0) is 43.5 Å². The molecule has 1 fully saturated rings. The summed E-state index contributed by atoms with van der Waals surface area (Å²) in [5.74, 6) is 0. The lowest BCUT2D eigenvalue weighted by Crippen LogP contribution is -2.24. The summed E-state index contributed by atoms with van der Waals surface area (Å²) in [4.78, 5) is 6.49. The molecule has 2 aliphatic rings. The molecular weight excluding hydrogens is 210 g/mol. The van der Waals surface area contributed by atoms with Crippen molar-refractivity contribution in [1.29, 1.82) is 0 Å². The molecule has 1 N–H and O–H groups in total. The Balaban J connectivity index is 1.71. The van der Waals surface area contributed by atoms with E-state index < -0.39 is 0 Å². The lowest BCUT2D eigenvalue weighted by molar-refractivity contribution is 0.603. The van der Waals surface area contributed by atoms with Crippen LogP contribution in [0.15, 0.2) is 29.3 Å². The lowest BCUT2D eigenvalue weighted by Gasteiger charge is -2.16. The van der Waals surface area contributed by atoms with Crippen LogP contribution in [0.5, 0.6) is 0 Å². The number of hydrogen-bond donors (Lipinski definition) is 1. The zero-order chi connectivity index (χ0) is 11.5. The zero-order valence-electron chi connectivity index (χ0n) is 10.1. The van der Waals surface area contributed by atoms with Crippen molar-refractivity contribution in [3.63, 3.8) is 0 Å². The Labute approximate surface area is 103 Å². The van der Waals surface area contributed by atoms with Gasteiger partial charge >= 0.3 is 0 Å². The fourth-order valence-electron chi connectivity index (χ4n) is 2.65. The molecule has 2 aliphatic heterocycles. The average Bonchev–Trinajstić information content (AvgIpc) is 3.01. The average molecular weight is 229 g/mol. The van der Waals surface area contributed by atoms with Crippen LogP contribution in [0, 0.1) is 0 Å². The second kappa shape index (κ2) is 4.88. The lowest BCUT2D eigenvalue weighted by atomic mass is 10.0. The van der Waals surface area contributed by atoms with Crippen LogP contribution in [-0.2, 0) is 6.42 Å². The maximum Gasteiger partial charge on any atom is 0.0895 e. The Hall–Kier alpha value is -1.35. The van der Waals surface area contributed by atoms with Gasteiger partial charge < -0.3 is 10.2 Å². The highest BCUT2D eigenvalue weighted by atomic mass is 15.2. The van der Waals surface area contributed by atoms with Crippen molar-refractivity contribution in [1.82, 2.24) is 5.32 Å². The van der Waals surface area contributed by atoms with Gasteiger partial charge in [0.1, 0.15) is 0 Å². The van der Waals surface area contributed by atoms with Crippen molar-refractivity contribution >= 4 is 12.0 Å². The van der Waals surface area contributed by atoms with E-state index in [0.29, 0.717) is 6.04 Å². The summed E-state index contributed by atoms with van der Waals surface area (Å²) in [6, 6.07) is 9.54. The van der Waals surface area contributed by atoms with Crippen molar-refractivity contribution in [3.05, 3.63) is 29.8 Å². The van der Waals surface area contributed by atoms with E-state index in [0.717, 1.165) is 19.5 Å². The molecular formula is C14H19N3. The van der Waals surface area contributed by atoms with Crippen molar-refractivity contribution in [2.24, 2.45) is 4.99 Å². The number of nitrogens with zero attached hydrogens (tertiary/aromatic N) is 2. The molecule has 1 atom stereocenters. The maximum absolute atomic E-state index is 4.26. The molecule has 1 aromatic rings. The minimum atomic E-state index is 0.678. The fraction of sp³-hybridized carbons (Fsp3) is 0.500. The van der Waals surface area contributed by atoms with Crippen LogP contribution < -0.4 is 10.2 Å². The smallest absolute Gasteiger partial charge is 0.0895 e. The standard InChI is InChI=1S/C14H19N3/c1-3-12(9-13-4-2-6-16-13)10-14(5-1)17-8-7-15-11-17/h1,3,5,10-11,13,16H,2,4,6-9H2. The van der Waals surface area contributed by atoms with E-state index in [1.165, 1.54) is 30.6 Å². The summed E-state index contributed by atoms with van der Waals surface area (Å²) >= 11 is 0. The molecule has 0 saturated carbocycles. The number of anilines is 1. The van der Waals surface area contributed by atoms with Gasteiger partial charge in [-0.2, -0.15) is 0 Å². The molecule has 2 heterocycles. The molecule has 90 valence electrons. The van der Waals surface area contributed by atoms with Crippen molar-refractivity contribution < 1.29 is 0 Å². The van der Waals surface area contributed by atoms with Gasteiger partial charge in [0.2, 0.25) is 0 Å². The first-order valence-corrected chi connectivity index (χ1v) is 6.51. The van der Waals surface area contributed by atoms with Gasteiger partial charge in [0.15, 0.2) is 0 Å². The van der Waals surface area contributed by atoms with Gasteiger partial charge in [-0.3, -0.25) is 4.99 Å². The van der Waals surface area contributed by atoms with Gasteiger partial charge in [-0.1, -0.05) is 12.1 Å². The summed E-state index contributed by atoms with van der Waals surface area (Å²) in [5.41, 5.74) is 2.71. The van der Waals surface area contributed by atoms with Crippen LogP contribution in [0.1, 0.15) is 18.4 Å². The summed E-state index contributed by atoms with van der Waals surface area (Å²) in [7, 11) is 0. The summed E-state index contributed by atoms with van der Waals surface area (Å²) in [5, 5.41) is 3.55. The van der Waals surface area contributed by atoms with Gasteiger partial charge in [0.25, 0.3) is 0 Å². The quantitative estimate of drug-likeness (QED) is 0.856. The molecule has 17 heavy (non-hydrogen) atoms. The third-order valence-electron chi connectivity index (χ3n) is 3.58. The predicted octanol–water partition coefficient (Wildman–Crippen LogP) is 1.83. The minimum Gasteiger partial charge on any atom is -0.331 e. The molecule has 0 amide bonds. The van der Waals surface area contributed by atoms with E-state index in [9.17, 15) is 0 Å². The number of hydrogen-bond acceptors (Lipinski definition) is 3. The van der Waals surface area contributed by atoms with Crippen LogP contribution in [0.4, 0.5) is 5.69 Å². The Morgan fingerprint density at radius 1 is 1.41 bits per heavy atom. The van der Waals surface area contributed by atoms with Crippen molar-refractivity contribution in [3.8, 4) is 0 Å². The third-order valence-corrected chi connectivity index (χ3v) is 3.58. The molecule has 3 heteroatoms. The Morgan fingerprint density at radius 2 is 2.41 bits per heavy atom. The Bertz CT molecular complexity index is 408. The van der Waals surface area contributed by atoms with E-state index in [1.54, 1.807) is 0 Å². The predicted molar refractivity (Wildman–Crippen MR) is 71.9 cm³/mol. The van der Waals surface area contributed by atoms with Crippen LogP contribution in [-0.4, -0.2) is 32.0 Å². The number of nitrogens with one attached hydrogen (secondary N) is 1. The molecule has 0 bridgehead atoms. The third kappa shape index (κ3) is 2.50. The molecule has 1 saturated heterocycles. The summed E-state index contributed by atoms with van der Waals surface area (Å²) < 4.78 is 0. The molecule has 0 spiro atoms. The first kappa shape index (κ1) is 10.8. The van der Waals surface area contributed by atoms with Crippen LogP contribution >= 0.6 is 0 Å². The first-order chi connectivity index (χ1) is 8.42. The van der Waals surface area contributed by atoms with E-state index in [2.05, 4.69) is 39.5 Å². The minimum absolute atomic E-state index is 0.678. The first-order valence-electron chi connectivity index (χ1n) is 6.51. The zero-order valence-corrected chi connectivity index (χ0v) is 10.1.